The fourth-order valence-corrected chi connectivity index (χ4v) is 2.18. The van der Waals surface area contributed by atoms with Crippen molar-refractivity contribution in [2.75, 3.05) is 5.32 Å². The second-order valence-electron chi connectivity index (χ2n) is 4.91. The van der Waals surface area contributed by atoms with Crippen molar-refractivity contribution in [3.8, 4) is 5.69 Å². The summed E-state index contributed by atoms with van der Waals surface area (Å²) >= 11 is 0. The lowest BCUT2D eigenvalue weighted by atomic mass is 10.2. The Kier molecular flexibility index (Phi) is 3.35. The van der Waals surface area contributed by atoms with Crippen molar-refractivity contribution in [2.45, 2.75) is 13.5 Å². The van der Waals surface area contributed by atoms with Crippen molar-refractivity contribution in [3.63, 3.8) is 0 Å². The monoisotopic (exact) mass is 283 g/mol. The van der Waals surface area contributed by atoms with Crippen LogP contribution in [0.25, 0.3) is 5.69 Å². The van der Waals surface area contributed by atoms with Gasteiger partial charge in [-0.2, -0.15) is 5.10 Å². The van der Waals surface area contributed by atoms with Gasteiger partial charge >= 0.3 is 5.69 Å². The normalized spacial score (nSPS) is 10.8. The Balaban J connectivity index is 1.72. The van der Waals surface area contributed by atoms with E-state index in [1.54, 1.807) is 17.0 Å². The Morgan fingerprint density at radius 2 is 2.05 bits per heavy atom. The summed E-state index contributed by atoms with van der Waals surface area (Å²) in [7, 11) is 1.93. The molecule has 0 fully saturated rings. The molecular formula is C15H17N5O. The van der Waals surface area contributed by atoms with Crippen LogP contribution in [0.4, 0.5) is 5.69 Å². The fourth-order valence-electron chi connectivity index (χ4n) is 2.18. The largest absolute Gasteiger partial charge is 0.381 e. The lowest BCUT2D eigenvalue weighted by molar-refractivity contribution is 0.738. The Bertz CT molecular complexity index is 794. The standard InChI is InChI=1S/C15H17N5O/c1-11-12(10-18-19(11)2)9-17-13-3-5-14(6-4-13)20-8-7-16-15(20)21/h3-8,10,17H,9H2,1-2H3,(H,16,21). The maximum absolute atomic E-state index is 11.5. The molecule has 2 aromatic heterocycles. The van der Waals surface area contributed by atoms with E-state index < -0.39 is 0 Å². The predicted molar refractivity (Wildman–Crippen MR) is 81.7 cm³/mol. The van der Waals surface area contributed by atoms with E-state index in [4.69, 9.17) is 0 Å². The molecule has 0 unspecified atom stereocenters. The lowest BCUT2D eigenvalue weighted by Crippen LogP contribution is -2.13. The first-order valence-corrected chi connectivity index (χ1v) is 6.73. The van der Waals surface area contributed by atoms with Gasteiger partial charge in [-0.05, 0) is 31.2 Å². The Morgan fingerprint density at radius 1 is 1.29 bits per heavy atom. The summed E-state index contributed by atoms with van der Waals surface area (Å²) in [6.45, 7) is 2.77. The number of nitrogens with zero attached hydrogens (tertiary/aromatic N) is 3. The molecule has 1 aromatic carbocycles. The van der Waals surface area contributed by atoms with Crippen LogP contribution in [-0.2, 0) is 13.6 Å². The number of imidazole rings is 1. The second-order valence-corrected chi connectivity index (χ2v) is 4.91. The van der Waals surface area contributed by atoms with Crippen molar-refractivity contribution in [1.29, 1.82) is 0 Å². The number of aromatic amines is 1. The van der Waals surface area contributed by atoms with E-state index in [2.05, 4.69) is 15.4 Å². The fraction of sp³-hybridized carbons (Fsp3) is 0.200. The van der Waals surface area contributed by atoms with Crippen LogP contribution in [0.5, 0.6) is 0 Å². The predicted octanol–water partition coefficient (Wildman–Crippen LogP) is 1.82. The molecule has 3 aromatic rings. The molecule has 108 valence electrons. The molecule has 6 heteroatoms. The number of aryl methyl sites for hydroxylation is 1. The van der Waals surface area contributed by atoms with Gasteiger partial charge in [0.15, 0.2) is 0 Å². The quantitative estimate of drug-likeness (QED) is 0.767. The van der Waals surface area contributed by atoms with Crippen LogP contribution >= 0.6 is 0 Å². The molecular weight excluding hydrogens is 266 g/mol. The minimum Gasteiger partial charge on any atom is -0.381 e. The molecule has 0 atom stereocenters. The second kappa shape index (κ2) is 5.32. The van der Waals surface area contributed by atoms with Crippen LogP contribution in [0.2, 0.25) is 0 Å². The van der Waals surface area contributed by atoms with Gasteiger partial charge < -0.3 is 10.3 Å². The van der Waals surface area contributed by atoms with E-state index in [1.165, 1.54) is 5.56 Å². The SMILES string of the molecule is Cc1c(CNc2ccc(-n3cc[nH]c3=O)cc2)cnn1C. The number of hydrogen-bond acceptors (Lipinski definition) is 3. The van der Waals surface area contributed by atoms with Crippen LogP contribution in [-0.4, -0.2) is 19.3 Å². The highest BCUT2D eigenvalue weighted by molar-refractivity contribution is 5.49. The molecule has 0 aliphatic carbocycles. The van der Waals surface area contributed by atoms with E-state index >= 15 is 0 Å². The van der Waals surface area contributed by atoms with Gasteiger partial charge in [0, 0.05) is 42.9 Å². The number of H-pyrrole nitrogens is 1. The van der Waals surface area contributed by atoms with E-state index in [9.17, 15) is 4.79 Å². The summed E-state index contributed by atoms with van der Waals surface area (Å²) < 4.78 is 3.42. The van der Waals surface area contributed by atoms with Crippen molar-refractivity contribution in [3.05, 3.63) is 64.6 Å². The Hall–Kier alpha value is -2.76. The summed E-state index contributed by atoms with van der Waals surface area (Å²) in [6, 6.07) is 7.74. The van der Waals surface area contributed by atoms with Crippen LogP contribution in [0, 0.1) is 6.92 Å². The van der Waals surface area contributed by atoms with Gasteiger partial charge in [-0.3, -0.25) is 9.25 Å². The minimum absolute atomic E-state index is 0.137. The average Bonchev–Trinajstić information content (AvgIpc) is 3.05. The molecule has 6 nitrogen and oxygen atoms in total. The molecule has 0 aliphatic heterocycles. The molecule has 0 radical (unpaired) electrons. The highest BCUT2D eigenvalue weighted by Crippen LogP contribution is 2.14. The van der Waals surface area contributed by atoms with Gasteiger partial charge in [0.05, 0.1) is 11.9 Å². The number of aromatic nitrogens is 4. The summed E-state index contributed by atoms with van der Waals surface area (Å²) in [5, 5.41) is 7.57. The molecule has 0 aliphatic rings. The van der Waals surface area contributed by atoms with Crippen molar-refractivity contribution < 1.29 is 0 Å². The van der Waals surface area contributed by atoms with Gasteiger partial charge in [-0.25, -0.2) is 4.79 Å². The van der Waals surface area contributed by atoms with Crippen LogP contribution in [0.15, 0.2) is 47.7 Å². The van der Waals surface area contributed by atoms with Crippen molar-refractivity contribution in [2.24, 2.45) is 7.05 Å². The number of hydrogen-bond donors (Lipinski definition) is 2. The summed E-state index contributed by atoms with van der Waals surface area (Å²) in [5.74, 6) is 0. The van der Waals surface area contributed by atoms with Gasteiger partial charge in [-0.1, -0.05) is 0 Å². The first-order valence-electron chi connectivity index (χ1n) is 6.73. The molecule has 0 amide bonds. The Labute approximate surface area is 122 Å². The molecule has 2 N–H and O–H groups in total. The van der Waals surface area contributed by atoms with Crippen LogP contribution < -0.4 is 11.0 Å². The van der Waals surface area contributed by atoms with Crippen LogP contribution in [0.1, 0.15) is 11.3 Å². The third-order valence-corrected chi connectivity index (χ3v) is 3.61. The van der Waals surface area contributed by atoms with Crippen LogP contribution in [0.3, 0.4) is 0 Å². The topological polar surface area (TPSA) is 67.6 Å². The zero-order valence-corrected chi connectivity index (χ0v) is 12.0. The molecule has 0 saturated carbocycles. The van der Waals surface area contributed by atoms with Gasteiger partial charge in [0.1, 0.15) is 0 Å². The first kappa shape index (κ1) is 13.2. The molecule has 21 heavy (non-hydrogen) atoms. The number of benzene rings is 1. The van der Waals surface area contributed by atoms with Gasteiger partial charge in [-0.15, -0.1) is 0 Å². The molecule has 0 saturated heterocycles. The summed E-state index contributed by atoms with van der Waals surface area (Å²) in [5.41, 5.74) is 4.03. The van der Waals surface area contributed by atoms with Crippen molar-refractivity contribution in [1.82, 2.24) is 19.3 Å². The van der Waals surface area contributed by atoms with Crippen molar-refractivity contribution >= 4 is 5.69 Å². The van der Waals surface area contributed by atoms with Gasteiger partial charge in [0.25, 0.3) is 0 Å². The van der Waals surface area contributed by atoms with E-state index in [-0.39, 0.29) is 5.69 Å². The third kappa shape index (κ3) is 2.60. The molecule has 0 spiro atoms. The third-order valence-electron chi connectivity index (χ3n) is 3.61. The van der Waals surface area contributed by atoms with Gasteiger partial charge in [0.2, 0.25) is 0 Å². The Morgan fingerprint density at radius 3 is 2.62 bits per heavy atom. The highest BCUT2D eigenvalue weighted by atomic mass is 16.1. The highest BCUT2D eigenvalue weighted by Gasteiger charge is 2.04. The number of nitrogens with one attached hydrogen (secondary N) is 2. The van der Waals surface area contributed by atoms with E-state index in [1.807, 2.05) is 49.1 Å². The zero-order chi connectivity index (χ0) is 14.8. The maximum atomic E-state index is 11.5. The zero-order valence-electron chi connectivity index (χ0n) is 12.0. The first-order chi connectivity index (χ1) is 10.1. The number of rotatable bonds is 4. The van der Waals surface area contributed by atoms with E-state index in [0.717, 1.165) is 23.6 Å². The molecule has 3 rings (SSSR count). The van der Waals surface area contributed by atoms with E-state index in [0.29, 0.717) is 0 Å². The molecule has 0 bridgehead atoms. The average molecular weight is 283 g/mol. The minimum atomic E-state index is -0.137. The lowest BCUT2D eigenvalue weighted by Gasteiger charge is -2.07. The summed E-state index contributed by atoms with van der Waals surface area (Å²) in [6.07, 6.45) is 5.21. The maximum Gasteiger partial charge on any atom is 0.330 e. The smallest absolute Gasteiger partial charge is 0.330 e. The molecule has 2 heterocycles. The summed E-state index contributed by atoms with van der Waals surface area (Å²) in [4.78, 5) is 14.2. The number of anilines is 1.